The van der Waals surface area contributed by atoms with Crippen LogP contribution < -0.4 is 4.80 Å². The Morgan fingerprint density at radius 2 is 2.25 bits per heavy atom. The molecule has 2 rings (SSSR count). The molecule has 2 aromatic rings. The molecule has 0 radical (unpaired) electrons. The van der Waals surface area contributed by atoms with E-state index < -0.39 is 11.6 Å². The minimum absolute atomic E-state index is 0.249. The van der Waals surface area contributed by atoms with Crippen LogP contribution in [-0.2, 0) is 11.3 Å². The second kappa shape index (κ2) is 6.09. The highest BCUT2D eigenvalue weighted by atomic mass is 32.1. The van der Waals surface area contributed by atoms with E-state index in [0.717, 1.165) is 17.4 Å². The van der Waals surface area contributed by atoms with E-state index in [1.807, 2.05) is 6.92 Å². The second-order valence-corrected chi connectivity index (χ2v) is 5.28. The van der Waals surface area contributed by atoms with E-state index in [9.17, 15) is 13.6 Å². The molecule has 1 amide bonds. The van der Waals surface area contributed by atoms with E-state index in [0.29, 0.717) is 28.9 Å². The van der Waals surface area contributed by atoms with Gasteiger partial charge >= 0.3 is 0 Å². The maximum atomic E-state index is 13.9. The molecule has 0 aliphatic rings. The normalized spacial score (nSPS) is 12.1. The fraction of sp³-hybridized carbons (Fsp3) is 0.286. The number of rotatable bonds is 4. The van der Waals surface area contributed by atoms with Gasteiger partial charge in [0.05, 0.1) is 10.2 Å². The van der Waals surface area contributed by atoms with Crippen LogP contribution in [0.3, 0.4) is 0 Å². The summed E-state index contributed by atoms with van der Waals surface area (Å²) in [6.45, 7) is 5.79. The fourth-order valence-electron chi connectivity index (χ4n) is 1.89. The highest BCUT2D eigenvalue weighted by Gasteiger charge is 2.12. The first kappa shape index (κ1) is 14.6. The number of thiazole rings is 1. The van der Waals surface area contributed by atoms with Gasteiger partial charge in [-0.25, -0.2) is 8.78 Å². The molecule has 0 N–H and O–H groups in total. The lowest BCUT2D eigenvalue weighted by atomic mass is 10.3. The molecule has 0 aliphatic carbocycles. The molecule has 3 nitrogen and oxygen atoms in total. The zero-order valence-electron chi connectivity index (χ0n) is 11.0. The molecule has 20 heavy (non-hydrogen) atoms. The van der Waals surface area contributed by atoms with Gasteiger partial charge in [-0.15, -0.1) is 6.58 Å². The van der Waals surface area contributed by atoms with Gasteiger partial charge in [0.25, 0.3) is 0 Å². The monoisotopic (exact) mass is 296 g/mol. The van der Waals surface area contributed by atoms with E-state index in [-0.39, 0.29) is 11.4 Å². The van der Waals surface area contributed by atoms with Gasteiger partial charge in [-0.1, -0.05) is 24.3 Å². The van der Waals surface area contributed by atoms with Crippen molar-refractivity contribution in [2.75, 3.05) is 0 Å². The predicted octanol–water partition coefficient (Wildman–Crippen LogP) is 3.39. The van der Waals surface area contributed by atoms with Crippen molar-refractivity contribution < 1.29 is 13.6 Å². The second-order valence-electron chi connectivity index (χ2n) is 4.27. The Morgan fingerprint density at radius 3 is 2.90 bits per heavy atom. The van der Waals surface area contributed by atoms with Crippen molar-refractivity contribution >= 4 is 27.5 Å². The van der Waals surface area contributed by atoms with Crippen LogP contribution in [0.15, 0.2) is 29.8 Å². The zero-order chi connectivity index (χ0) is 14.7. The predicted molar refractivity (Wildman–Crippen MR) is 75.4 cm³/mol. The van der Waals surface area contributed by atoms with E-state index in [4.69, 9.17) is 0 Å². The quantitative estimate of drug-likeness (QED) is 0.796. The summed E-state index contributed by atoms with van der Waals surface area (Å²) in [4.78, 5) is 16.0. The Bertz CT molecular complexity index is 731. The SMILES string of the molecule is C=CCn1c(=NC(=O)CCC)sc2cc(F)cc(F)c21. The molecule has 1 aromatic carbocycles. The molecule has 0 unspecified atom stereocenters. The average Bonchev–Trinajstić information content (AvgIpc) is 2.68. The topological polar surface area (TPSA) is 34.4 Å². The van der Waals surface area contributed by atoms with E-state index in [1.54, 1.807) is 6.08 Å². The summed E-state index contributed by atoms with van der Waals surface area (Å²) in [7, 11) is 0. The number of halogens is 2. The van der Waals surface area contributed by atoms with Crippen LogP contribution >= 0.6 is 11.3 Å². The summed E-state index contributed by atoms with van der Waals surface area (Å²) in [5, 5.41) is 0. The maximum Gasteiger partial charge on any atom is 0.248 e. The smallest absolute Gasteiger partial charge is 0.248 e. The number of hydrogen-bond acceptors (Lipinski definition) is 2. The summed E-state index contributed by atoms with van der Waals surface area (Å²) >= 11 is 1.09. The van der Waals surface area contributed by atoms with Gasteiger partial charge in [-0.2, -0.15) is 4.99 Å². The van der Waals surface area contributed by atoms with Gasteiger partial charge < -0.3 is 4.57 Å². The number of carbonyl (C=O) groups is 1. The van der Waals surface area contributed by atoms with Crippen molar-refractivity contribution in [2.24, 2.45) is 4.99 Å². The van der Waals surface area contributed by atoms with Crippen molar-refractivity contribution in [1.82, 2.24) is 4.57 Å². The van der Waals surface area contributed by atoms with E-state index in [1.165, 1.54) is 10.6 Å². The molecular weight excluding hydrogens is 282 g/mol. The first-order valence-electron chi connectivity index (χ1n) is 6.23. The van der Waals surface area contributed by atoms with Crippen molar-refractivity contribution in [1.29, 1.82) is 0 Å². The maximum absolute atomic E-state index is 13.9. The molecule has 1 heterocycles. The summed E-state index contributed by atoms with van der Waals surface area (Å²) in [6, 6.07) is 2.07. The van der Waals surface area contributed by atoms with Crippen molar-refractivity contribution in [2.45, 2.75) is 26.3 Å². The summed E-state index contributed by atoms with van der Waals surface area (Å²) in [5.74, 6) is -1.58. The third-order valence-electron chi connectivity index (χ3n) is 2.69. The molecule has 1 aromatic heterocycles. The highest BCUT2D eigenvalue weighted by Crippen LogP contribution is 2.22. The number of hydrogen-bond donors (Lipinski definition) is 0. The van der Waals surface area contributed by atoms with Gasteiger partial charge in [-0.05, 0) is 12.5 Å². The van der Waals surface area contributed by atoms with Gasteiger partial charge in [-0.3, -0.25) is 4.79 Å². The third-order valence-corrected chi connectivity index (χ3v) is 3.72. The number of carbonyl (C=O) groups excluding carboxylic acids is 1. The molecule has 0 atom stereocenters. The lowest BCUT2D eigenvalue weighted by Gasteiger charge is -2.02. The number of allylic oxidation sites excluding steroid dienone is 1. The molecule has 0 fully saturated rings. The number of aromatic nitrogens is 1. The van der Waals surface area contributed by atoms with E-state index in [2.05, 4.69) is 11.6 Å². The van der Waals surface area contributed by atoms with Crippen molar-refractivity contribution in [3.63, 3.8) is 0 Å². The van der Waals surface area contributed by atoms with Gasteiger partial charge in [0, 0.05) is 19.0 Å². The summed E-state index contributed by atoms with van der Waals surface area (Å²) in [6.07, 6.45) is 2.61. The molecule has 106 valence electrons. The standard InChI is InChI=1S/C14H14F2N2OS/c1-3-5-12(19)17-14-18(6-4-2)13-10(16)7-9(15)8-11(13)20-14/h4,7-8H,2-3,5-6H2,1H3. The Labute approximate surface area is 118 Å². The van der Waals surface area contributed by atoms with Gasteiger partial charge in [0.2, 0.25) is 5.91 Å². The van der Waals surface area contributed by atoms with Crippen LogP contribution in [0.4, 0.5) is 8.78 Å². The Morgan fingerprint density at radius 1 is 1.50 bits per heavy atom. The van der Waals surface area contributed by atoms with Crippen LogP contribution in [0.25, 0.3) is 10.2 Å². The van der Waals surface area contributed by atoms with Crippen LogP contribution in [0, 0.1) is 11.6 Å². The number of nitrogens with zero attached hydrogens (tertiary/aromatic N) is 2. The number of fused-ring (bicyclic) bond motifs is 1. The molecule has 0 saturated carbocycles. The molecule has 0 bridgehead atoms. The lowest BCUT2D eigenvalue weighted by Crippen LogP contribution is -2.16. The molecule has 0 aliphatic heterocycles. The lowest BCUT2D eigenvalue weighted by molar-refractivity contribution is -0.118. The van der Waals surface area contributed by atoms with Gasteiger partial charge in [0.15, 0.2) is 10.6 Å². The molecule has 6 heteroatoms. The first-order valence-corrected chi connectivity index (χ1v) is 7.05. The highest BCUT2D eigenvalue weighted by molar-refractivity contribution is 7.16. The van der Waals surface area contributed by atoms with Crippen molar-refractivity contribution in [3.8, 4) is 0 Å². The summed E-state index contributed by atoms with van der Waals surface area (Å²) in [5.41, 5.74) is 0.249. The van der Waals surface area contributed by atoms with Crippen LogP contribution in [0.1, 0.15) is 19.8 Å². The largest absolute Gasteiger partial charge is 0.310 e. The first-order chi connectivity index (χ1) is 9.56. The zero-order valence-corrected chi connectivity index (χ0v) is 11.8. The molecular formula is C14H14F2N2OS. The van der Waals surface area contributed by atoms with Crippen LogP contribution in [0.5, 0.6) is 0 Å². The van der Waals surface area contributed by atoms with Crippen molar-refractivity contribution in [3.05, 3.63) is 41.2 Å². The van der Waals surface area contributed by atoms with Crippen LogP contribution in [0.2, 0.25) is 0 Å². The number of benzene rings is 1. The minimum Gasteiger partial charge on any atom is -0.310 e. The average molecular weight is 296 g/mol. The molecule has 0 saturated heterocycles. The Balaban J connectivity index is 2.71. The van der Waals surface area contributed by atoms with E-state index >= 15 is 0 Å². The number of amides is 1. The Kier molecular flexibility index (Phi) is 4.44. The fourth-order valence-corrected chi connectivity index (χ4v) is 2.99. The third kappa shape index (κ3) is 2.85. The molecule has 0 spiro atoms. The van der Waals surface area contributed by atoms with Gasteiger partial charge in [0.1, 0.15) is 5.82 Å². The Hall–Kier alpha value is -1.82. The minimum atomic E-state index is -0.664. The summed E-state index contributed by atoms with van der Waals surface area (Å²) < 4.78 is 29.1. The van der Waals surface area contributed by atoms with Crippen LogP contribution in [-0.4, -0.2) is 10.5 Å².